The normalized spacial score (nSPS) is 26.4. The van der Waals surface area contributed by atoms with E-state index in [-0.39, 0.29) is 18.2 Å². The average molecular weight is 172 g/mol. The predicted octanol–water partition coefficient (Wildman–Crippen LogP) is 0.296. The van der Waals surface area contributed by atoms with Gasteiger partial charge < -0.3 is 14.3 Å². The van der Waals surface area contributed by atoms with Crippen molar-refractivity contribution in [2.45, 2.75) is 31.5 Å². The number of ether oxygens (including phenoxy) is 2. The molecule has 0 aromatic heterocycles. The van der Waals surface area contributed by atoms with E-state index >= 15 is 0 Å². The number of esters is 1. The Morgan fingerprint density at radius 1 is 1.67 bits per heavy atom. The molecule has 0 bridgehead atoms. The third-order valence-electron chi connectivity index (χ3n) is 1.85. The third kappa shape index (κ3) is 2.62. The average Bonchev–Trinajstić information content (AvgIpc) is 2.83. The SMILES string of the molecule is COC(=O)CCCC1OC1C=O. The van der Waals surface area contributed by atoms with E-state index in [1.165, 1.54) is 7.11 Å². The first-order chi connectivity index (χ1) is 5.77. The van der Waals surface area contributed by atoms with Gasteiger partial charge in [-0.05, 0) is 12.8 Å². The minimum atomic E-state index is -0.220. The highest BCUT2D eigenvalue weighted by Crippen LogP contribution is 2.24. The van der Waals surface area contributed by atoms with Crippen LogP contribution in [0, 0.1) is 0 Å². The van der Waals surface area contributed by atoms with Crippen molar-refractivity contribution in [2.75, 3.05) is 7.11 Å². The van der Waals surface area contributed by atoms with Crippen molar-refractivity contribution < 1.29 is 19.1 Å². The molecule has 1 aliphatic rings. The molecular weight excluding hydrogens is 160 g/mol. The maximum absolute atomic E-state index is 10.6. The van der Waals surface area contributed by atoms with E-state index in [0.29, 0.717) is 6.42 Å². The van der Waals surface area contributed by atoms with Crippen LogP contribution in [-0.4, -0.2) is 31.6 Å². The number of aldehydes is 1. The van der Waals surface area contributed by atoms with E-state index in [4.69, 9.17) is 4.74 Å². The van der Waals surface area contributed by atoms with Crippen molar-refractivity contribution in [3.63, 3.8) is 0 Å². The van der Waals surface area contributed by atoms with Gasteiger partial charge in [0, 0.05) is 6.42 Å². The lowest BCUT2D eigenvalue weighted by molar-refractivity contribution is -0.140. The van der Waals surface area contributed by atoms with Gasteiger partial charge in [-0.2, -0.15) is 0 Å². The van der Waals surface area contributed by atoms with Gasteiger partial charge in [0.15, 0.2) is 6.29 Å². The van der Waals surface area contributed by atoms with Crippen LogP contribution in [0.3, 0.4) is 0 Å². The Balaban J connectivity index is 1.97. The third-order valence-corrected chi connectivity index (χ3v) is 1.85. The fourth-order valence-corrected chi connectivity index (χ4v) is 1.06. The molecule has 1 fully saturated rings. The zero-order valence-corrected chi connectivity index (χ0v) is 6.99. The highest BCUT2D eigenvalue weighted by atomic mass is 16.6. The number of carbonyl (C=O) groups is 2. The molecule has 12 heavy (non-hydrogen) atoms. The Morgan fingerprint density at radius 3 is 2.92 bits per heavy atom. The van der Waals surface area contributed by atoms with Crippen LogP contribution in [0.25, 0.3) is 0 Å². The minimum Gasteiger partial charge on any atom is -0.469 e. The van der Waals surface area contributed by atoms with Gasteiger partial charge in [0.1, 0.15) is 6.10 Å². The van der Waals surface area contributed by atoms with E-state index in [0.717, 1.165) is 19.1 Å². The van der Waals surface area contributed by atoms with Crippen LogP contribution in [-0.2, 0) is 19.1 Å². The number of methoxy groups -OCH3 is 1. The lowest BCUT2D eigenvalue weighted by Gasteiger charge is -1.95. The summed E-state index contributed by atoms with van der Waals surface area (Å²) in [5, 5.41) is 0. The molecule has 2 atom stereocenters. The molecule has 0 amide bonds. The monoisotopic (exact) mass is 172 g/mol. The molecule has 1 heterocycles. The fraction of sp³-hybridized carbons (Fsp3) is 0.750. The summed E-state index contributed by atoms with van der Waals surface area (Å²) in [6, 6.07) is 0. The molecule has 1 saturated heterocycles. The molecule has 0 aromatic rings. The summed E-state index contributed by atoms with van der Waals surface area (Å²) < 4.78 is 9.42. The topological polar surface area (TPSA) is 55.9 Å². The molecule has 0 aliphatic carbocycles. The second-order valence-electron chi connectivity index (χ2n) is 2.74. The predicted molar refractivity (Wildman–Crippen MR) is 40.6 cm³/mol. The Morgan fingerprint density at radius 2 is 2.42 bits per heavy atom. The molecule has 68 valence electrons. The van der Waals surface area contributed by atoms with Gasteiger partial charge in [0.05, 0.1) is 13.2 Å². The number of hydrogen-bond acceptors (Lipinski definition) is 4. The summed E-state index contributed by atoms with van der Waals surface area (Å²) in [5.41, 5.74) is 0. The molecule has 0 aromatic carbocycles. The van der Waals surface area contributed by atoms with Gasteiger partial charge >= 0.3 is 5.97 Å². The summed E-state index contributed by atoms with van der Waals surface area (Å²) >= 11 is 0. The smallest absolute Gasteiger partial charge is 0.305 e. The second-order valence-corrected chi connectivity index (χ2v) is 2.74. The van der Waals surface area contributed by atoms with Crippen molar-refractivity contribution >= 4 is 12.3 Å². The Kier molecular flexibility index (Phi) is 3.22. The van der Waals surface area contributed by atoms with E-state index in [1.54, 1.807) is 0 Å². The second kappa shape index (κ2) is 4.21. The molecule has 4 nitrogen and oxygen atoms in total. The van der Waals surface area contributed by atoms with E-state index < -0.39 is 0 Å². The molecule has 0 radical (unpaired) electrons. The number of rotatable bonds is 5. The summed E-state index contributed by atoms with van der Waals surface area (Å²) in [4.78, 5) is 20.7. The highest BCUT2D eigenvalue weighted by Gasteiger charge is 2.37. The summed E-state index contributed by atoms with van der Waals surface area (Å²) in [7, 11) is 1.37. The molecule has 0 N–H and O–H groups in total. The van der Waals surface area contributed by atoms with Crippen LogP contribution in [0.5, 0.6) is 0 Å². The standard InChI is InChI=1S/C8H12O4/c1-11-8(10)4-2-3-6-7(5-9)12-6/h5-7H,2-4H2,1H3. The highest BCUT2D eigenvalue weighted by molar-refractivity contribution is 5.69. The van der Waals surface area contributed by atoms with E-state index in [1.807, 2.05) is 0 Å². The molecule has 1 aliphatic heterocycles. The number of carbonyl (C=O) groups excluding carboxylic acids is 2. The van der Waals surface area contributed by atoms with Crippen LogP contribution in [0.2, 0.25) is 0 Å². The number of hydrogen-bond donors (Lipinski definition) is 0. The van der Waals surface area contributed by atoms with Crippen LogP contribution in [0.1, 0.15) is 19.3 Å². The first kappa shape index (κ1) is 9.19. The molecular formula is C8H12O4. The van der Waals surface area contributed by atoms with Gasteiger partial charge in [0.2, 0.25) is 0 Å². The first-order valence-corrected chi connectivity index (χ1v) is 3.95. The summed E-state index contributed by atoms with van der Waals surface area (Å²) in [5.74, 6) is -0.210. The molecule has 4 heteroatoms. The summed E-state index contributed by atoms with van der Waals surface area (Å²) in [6.07, 6.45) is 2.51. The van der Waals surface area contributed by atoms with Crippen molar-refractivity contribution in [2.24, 2.45) is 0 Å². The Hall–Kier alpha value is -0.900. The zero-order valence-electron chi connectivity index (χ0n) is 6.99. The van der Waals surface area contributed by atoms with Crippen molar-refractivity contribution in [3.05, 3.63) is 0 Å². The maximum Gasteiger partial charge on any atom is 0.305 e. The largest absolute Gasteiger partial charge is 0.469 e. The zero-order chi connectivity index (χ0) is 8.97. The van der Waals surface area contributed by atoms with Gasteiger partial charge in [-0.3, -0.25) is 4.79 Å². The minimum absolute atomic E-state index is 0.0483. The summed E-state index contributed by atoms with van der Waals surface area (Å²) in [6.45, 7) is 0. The lowest BCUT2D eigenvalue weighted by atomic mass is 10.1. The van der Waals surface area contributed by atoms with Crippen molar-refractivity contribution in [1.82, 2.24) is 0 Å². The van der Waals surface area contributed by atoms with Gasteiger partial charge in [-0.1, -0.05) is 0 Å². The Bertz CT molecular complexity index is 178. The first-order valence-electron chi connectivity index (χ1n) is 3.95. The lowest BCUT2D eigenvalue weighted by Crippen LogP contribution is -2.01. The van der Waals surface area contributed by atoms with E-state index in [9.17, 15) is 9.59 Å². The van der Waals surface area contributed by atoms with Crippen molar-refractivity contribution in [3.8, 4) is 0 Å². The molecule has 2 unspecified atom stereocenters. The van der Waals surface area contributed by atoms with Crippen LogP contribution < -0.4 is 0 Å². The fourth-order valence-electron chi connectivity index (χ4n) is 1.06. The quantitative estimate of drug-likeness (QED) is 0.340. The maximum atomic E-state index is 10.6. The van der Waals surface area contributed by atoms with Crippen LogP contribution in [0.4, 0.5) is 0 Å². The van der Waals surface area contributed by atoms with Gasteiger partial charge in [0.25, 0.3) is 0 Å². The number of epoxide rings is 1. The van der Waals surface area contributed by atoms with Gasteiger partial charge in [-0.25, -0.2) is 0 Å². The molecule has 0 saturated carbocycles. The van der Waals surface area contributed by atoms with Crippen molar-refractivity contribution in [1.29, 1.82) is 0 Å². The molecule has 1 rings (SSSR count). The Labute approximate surface area is 70.8 Å². The molecule has 0 spiro atoms. The van der Waals surface area contributed by atoms with Crippen LogP contribution >= 0.6 is 0 Å². The van der Waals surface area contributed by atoms with Crippen LogP contribution in [0.15, 0.2) is 0 Å². The van der Waals surface area contributed by atoms with Gasteiger partial charge in [-0.15, -0.1) is 0 Å². The van der Waals surface area contributed by atoms with E-state index in [2.05, 4.69) is 4.74 Å².